The summed E-state index contributed by atoms with van der Waals surface area (Å²) in [6.45, 7) is 3.58. The van der Waals surface area contributed by atoms with Crippen LogP contribution in [0, 0.1) is 5.82 Å². The Morgan fingerprint density at radius 2 is 2.27 bits per heavy atom. The lowest BCUT2D eigenvalue weighted by Gasteiger charge is -2.22. The molecule has 1 aromatic heterocycles. The zero-order chi connectivity index (χ0) is 15.9. The lowest BCUT2D eigenvalue weighted by molar-refractivity contribution is -0.132. The summed E-state index contributed by atoms with van der Waals surface area (Å²) in [6.07, 6.45) is 3.60. The molecule has 2 rings (SSSR count). The standard InChI is InChI=1S/C16H21FN4O/c1-13(18-8-10-21-9-4-7-19-21)16(22)20(2)12-14-5-3-6-15(17)11-14/h3-7,9,11,13,18H,8,10,12H2,1-2H3/t13-/m1/s1. The fourth-order valence-corrected chi connectivity index (χ4v) is 2.23. The number of halogens is 1. The second-order valence-corrected chi connectivity index (χ2v) is 5.27. The fraction of sp³-hybridized carbons (Fsp3) is 0.375. The van der Waals surface area contributed by atoms with E-state index in [4.69, 9.17) is 0 Å². The van der Waals surface area contributed by atoms with Crippen molar-refractivity contribution in [1.29, 1.82) is 0 Å². The van der Waals surface area contributed by atoms with Gasteiger partial charge in [0.1, 0.15) is 5.82 Å². The predicted molar refractivity (Wildman–Crippen MR) is 82.6 cm³/mol. The fourth-order valence-electron chi connectivity index (χ4n) is 2.23. The molecule has 0 spiro atoms. The maximum absolute atomic E-state index is 13.2. The van der Waals surface area contributed by atoms with Gasteiger partial charge in [-0.25, -0.2) is 4.39 Å². The highest BCUT2D eigenvalue weighted by Gasteiger charge is 2.17. The number of benzene rings is 1. The summed E-state index contributed by atoms with van der Waals surface area (Å²) in [5.74, 6) is -0.312. The summed E-state index contributed by atoms with van der Waals surface area (Å²) < 4.78 is 15.0. The van der Waals surface area contributed by atoms with Crippen LogP contribution in [0.25, 0.3) is 0 Å². The number of nitrogens with one attached hydrogen (secondary N) is 1. The molecule has 5 nitrogen and oxygen atoms in total. The van der Waals surface area contributed by atoms with Gasteiger partial charge in [0.25, 0.3) is 0 Å². The lowest BCUT2D eigenvalue weighted by Crippen LogP contribution is -2.43. The molecule has 1 aromatic carbocycles. The first-order valence-electron chi connectivity index (χ1n) is 7.26. The minimum atomic E-state index is -0.297. The van der Waals surface area contributed by atoms with Crippen molar-refractivity contribution in [2.45, 2.75) is 26.1 Å². The van der Waals surface area contributed by atoms with Crippen molar-refractivity contribution in [2.75, 3.05) is 13.6 Å². The first-order valence-corrected chi connectivity index (χ1v) is 7.26. The van der Waals surface area contributed by atoms with E-state index in [1.807, 2.05) is 25.3 Å². The third kappa shape index (κ3) is 4.66. The summed E-state index contributed by atoms with van der Waals surface area (Å²) in [5.41, 5.74) is 0.777. The van der Waals surface area contributed by atoms with E-state index in [-0.39, 0.29) is 17.8 Å². The van der Waals surface area contributed by atoms with Crippen molar-refractivity contribution in [3.8, 4) is 0 Å². The van der Waals surface area contributed by atoms with Gasteiger partial charge in [-0.15, -0.1) is 0 Å². The molecule has 0 saturated heterocycles. The molecule has 0 aliphatic rings. The third-order valence-corrected chi connectivity index (χ3v) is 3.41. The Balaban J connectivity index is 1.79. The zero-order valence-corrected chi connectivity index (χ0v) is 12.9. The molecule has 1 N–H and O–H groups in total. The van der Waals surface area contributed by atoms with Crippen LogP contribution in [0.15, 0.2) is 42.7 Å². The monoisotopic (exact) mass is 304 g/mol. The van der Waals surface area contributed by atoms with Crippen molar-refractivity contribution in [3.05, 3.63) is 54.1 Å². The van der Waals surface area contributed by atoms with Crippen molar-refractivity contribution in [2.24, 2.45) is 0 Å². The molecule has 1 heterocycles. The molecular weight excluding hydrogens is 283 g/mol. The van der Waals surface area contributed by atoms with Gasteiger partial charge in [-0.3, -0.25) is 9.48 Å². The van der Waals surface area contributed by atoms with E-state index >= 15 is 0 Å². The molecule has 0 aliphatic heterocycles. The molecule has 22 heavy (non-hydrogen) atoms. The van der Waals surface area contributed by atoms with Crippen LogP contribution in [0.4, 0.5) is 4.39 Å². The first-order chi connectivity index (χ1) is 10.6. The van der Waals surface area contributed by atoms with Crippen LogP contribution in [0.5, 0.6) is 0 Å². The molecule has 0 unspecified atom stereocenters. The number of likely N-dealkylation sites (N-methyl/N-ethyl adjacent to an activating group) is 1. The molecule has 1 amide bonds. The van der Waals surface area contributed by atoms with Gasteiger partial charge in [0, 0.05) is 32.5 Å². The van der Waals surface area contributed by atoms with Crippen LogP contribution in [-0.4, -0.2) is 40.2 Å². The summed E-state index contributed by atoms with van der Waals surface area (Å²) >= 11 is 0. The number of hydrogen-bond acceptors (Lipinski definition) is 3. The third-order valence-electron chi connectivity index (χ3n) is 3.41. The van der Waals surface area contributed by atoms with Crippen LogP contribution >= 0.6 is 0 Å². The molecule has 2 aromatic rings. The Bertz CT molecular complexity index is 600. The summed E-state index contributed by atoms with van der Waals surface area (Å²) in [5, 5.41) is 7.28. The number of amides is 1. The van der Waals surface area contributed by atoms with Crippen LogP contribution in [0.1, 0.15) is 12.5 Å². The topological polar surface area (TPSA) is 50.2 Å². The van der Waals surface area contributed by atoms with Gasteiger partial charge in [-0.1, -0.05) is 12.1 Å². The van der Waals surface area contributed by atoms with Crippen molar-refractivity contribution in [3.63, 3.8) is 0 Å². The van der Waals surface area contributed by atoms with Crippen LogP contribution in [0.2, 0.25) is 0 Å². The van der Waals surface area contributed by atoms with Gasteiger partial charge in [-0.05, 0) is 30.7 Å². The maximum atomic E-state index is 13.2. The molecule has 0 radical (unpaired) electrons. The van der Waals surface area contributed by atoms with E-state index in [2.05, 4.69) is 10.4 Å². The van der Waals surface area contributed by atoms with Crippen LogP contribution in [-0.2, 0) is 17.9 Å². The normalized spacial score (nSPS) is 12.1. The molecule has 0 aliphatic carbocycles. The van der Waals surface area contributed by atoms with Gasteiger partial charge in [-0.2, -0.15) is 5.10 Å². The Morgan fingerprint density at radius 3 is 2.95 bits per heavy atom. The maximum Gasteiger partial charge on any atom is 0.239 e. The Kier molecular flexibility index (Phi) is 5.66. The number of rotatable bonds is 7. The van der Waals surface area contributed by atoms with E-state index in [1.54, 1.807) is 28.9 Å². The first kappa shape index (κ1) is 16.2. The van der Waals surface area contributed by atoms with Gasteiger partial charge in [0.05, 0.1) is 12.6 Å². The van der Waals surface area contributed by atoms with Crippen LogP contribution < -0.4 is 5.32 Å². The Labute approximate surface area is 129 Å². The SMILES string of the molecule is C[C@@H](NCCn1cccn1)C(=O)N(C)Cc1cccc(F)c1. The average Bonchev–Trinajstić information content (AvgIpc) is 2.99. The number of carbonyl (C=O) groups excluding carboxylic acids is 1. The summed E-state index contributed by atoms with van der Waals surface area (Å²) in [6, 6.07) is 7.86. The zero-order valence-electron chi connectivity index (χ0n) is 12.9. The van der Waals surface area contributed by atoms with Crippen molar-refractivity contribution in [1.82, 2.24) is 20.0 Å². The quantitative estimate of drug-likeness (QED) is 0.846. The summed E-state index contributed by atoms with van der Waals surface area (Å²) in [7, 11) is 1.72. The number of carbonyl (C=O) groups is 1. The summed E-state index contributed by atoms with van der Waals surface area (Å²) in [4.78, 5) is 13.9. The van der Waals surface area contributed by atoms with Gasteiger partial charge in [0.2, 0.25) is 5.91 Å². The second-order valence-electron chi connectivity index (χ2n) is 5.27. The van der Waals surface area contributed by atoms with E-state index < -0.39 is 0 Å². The highest BCUT2D eigenvalue weighted by molar-refractivity contribution is 5.81. The molecule has 1 atom stereocenters. The number of hydrogen-bond donors (Lipinski definition) is 1. The highest BCUT2D eigenvalue weighted by atomic mass is 19.1. The largest absolute Gasteiger partial charge is 0.340 e. The Hall–Kier alpha value is -2.21. The number of aromatic nitrogens is 2. The number of nitrogens with zero attached hydrogens (tertiary/aromatic N) is 3. The van der Waals surface area contributed by atoms with Crippen LogP contribution in [0.3, 0.4) is 0 Å². The molecule has 0 bridgehead atoms. The van der Waals surface area contributed by atoms with Gasteiger partial charge >= 0.3 is 0 Å². The predicted octanol–water partition coefficient (Wildman–Crippen LogP) is 1.66. The van der Waals surface area contributed by atoms with Crippen molar-refractivity contribution >= 4 is 5.91 Å². The molecule has 118 valence electrons. The second kappa shape index (κ2) is 7.70. The molecular formula is C16H21FN4O. The average molecular weight is 304 g/mol. The van der Waals surface area contributed by atoms with E-state index in [0.29, 0.717) is 19.6 Å². The molecule has 6 heteroatoms. The van der Waals surface area contributed by atoms with E-state index in [0.717, 1.165) is 5.56 Å². The minimum Gasteiger partial charge on any atom is -0.340 e. The minimum absolute atomic E-state index is 0.0234. The molecule has 0 saturated carbocycles. The smallest absolute Gasteiger partial charge is 0.239 e. The van der Waals surface area contributed by atoms with Crippen molar-refractivity contribution < 1.29 is 9.18 Å². The van der Waals surface area contributed by atoms with Gasteiger partial charge in [0.15, 0.2) is 0 Å². The van der Waals surface area contributed by atoms with E-state index in [1.165, 1.54) is 12.1 Å². The highest BCUT2D eigenvalue weighted by Crippen LogP contribution is 2.07. The Morgan fingerprint density at radius 1 is 1.45 bits per heavy atom. The van der Waals surface area contributed by atoms with E-state index in [9.17, 15) is 9.18 Å². The molecule has 0 fully saturated rings. The lowest BCUT2D eigenvalue weighted by atomic mass is 10.2. The van der Waals surface area contributed by atoms with Gasteiger partial charge < -0.3 is 10.2 Å².